The highest BCUT2D eigenvalue weighted by atomic mass is 19.1. The van der Waals surface area contributed by atoms with Crippen LogP contribution < -0.4 is 9.64 Å². The van der Waals surface area contributed by atoms with Gasteiger partial charge < -0.3 is 14.5 Å². The van der Waals surface area contributed by atoms with Crippen molar-refractivity contribution in [3.63, 3.8) is 0 Å². The summed E-state index contributed by atoms with van der Waals surface area (Å²) in [7, 11) is 0. The Labute approximate surface area is 190 Å². The summed E-state index contributed by atoms with van der Waals surface area (Å²) in [6.07, 6.45) is 3.64. The van der Waals surface area contributed by atoms with E-state index in [0.29, 0.717) is 19.2 Å². The highest BCUT2D eigenvalue weighted by Crippen LogP contribution is 2.19. The molecule has 0 saturated carbocycles. The third kappa shape index (κ3) is 6.08. The predicted molar refractivity (Wildman–Crippen MR) is 126 cm³/mol. The number of Topliss-reactive ketones (excluding diaryl/α,β-unsaturated/α-hetero) is 1. The molecule has 2 aromatic rings. The number of nitrogens with zero attached hydrogens (tertiary/aromatic N) is 3. The molecule has 0 spiro atoms. The van der Waals surface area contributed by atoms with E-state index in [2.05, 4.69) is 21.6 Å². The second kappa shape index (κ2) is 10.9. The van der Waals surface area contributed by atoms with E-state index in [1.165, 1.54) is 31.5 Å². The van der Waals surface area contributed by atoms with E-state index >= 15 is 0 Å². The summed E-state index contributed by atoms with van der Waals surface area (Å²) in [5.41, 5.74) is 1.76. The lowest BCUT2D eigenvalue weighted by Crippen LogP contribution is -2.48. The summed E-state index contributed by atoms with van der Waals surface area (Å²) in [5, 5.41) is 0. The van der Waals surface area contributed by atoms with Crippen molar-refractivity contribution in [2.45, 2.75) is 32.2 Å². The maximum Gasteiger partial charge on any atom is 0.176 e. The molecular weight excluding hydrogens is 405 g/mol. The second-order valence-corrected chi connectivity index (χ2v) is 8.92. The van der Waals surface area contributed by atoms with Gasteiger partial charge in [-0.05, 0) is 81.3 Å². The van der Waals surface area contributed by atoms with Gasteiger partial charge >= 0.3 is 0 Å². The number of carbonyl (C=O) groups excluding carboxylic acids is 1. The summed E-state index contributed by atoms with van der Waals surface area (Å²) in [6.45, 7) is 9.03. The zero-order chi connectivity index (χ0) is 22.3. The highest BCUT2D eigenvalue weighted by molar-refractivity contribution is 5.97. The van der Waals surface area contributed by atoms with Gasteiger partial charge in [-0.3, -0.25) is 9.69 Å². The Morgan fingerprint density at radius 2 is 1.72 bits per heavy atom. The number of ether oxygens (including phenoxy) is 1. The van der Waals surface area contributed by atoms with Gasteiger partial charge in [0.25, 0.3) is 0 Å². The highest BCUT2D eigenvalue weighted by Gasteiger charge is 2.20. The van der Waals surface area contributed by atoms with Crippen LogP contribution in [-0.2, 0) is 0 Å². The van der Waals surface area contributed by atoms with E-state index in [-0.39, 0.29) is 11.6 Å². The van der Waals surface area contributed by atoms with Crippen LogP contribution >= 0.6 is 0 Å². The van der Waals surface area contributed by atoms with Crippen LogP contribution in [0.4, 0.5) is 10.1 Å². The number of rotatable bonds is 9. The SMILES string of the molecule is C[C@@H]1CCCN1CCCOc1ccc(C(=O)CN2CCN(c3ccc(F)cc3)CC2)cc1. The normalized spacial score (nSPS) is 19.9. The Kier molecular flexibility index (Phi) is 7.76. The van der Waals surface area contributed by atoms with Gasteiger partial charge in [-0.1, -0.05) is 0 Å². The number of benzene rings is 2. The first-order valence-corrected chi connectivity index (χ1v) is 11.8. The monoisotopic (exact) mass is 439 g/mol. The van der Waals surface area contributed by atoms with Crippen LogP contribution in [0.25, 0.3) is 0 Å². The Morgan fingerprint density at radius 3 is 2.38 bits per heavy atom. The molecule has 6 heteroatoms. The van der Waals surface area contributed by atoms with Crippen molar-refractivity contribution in [1.82, 2.24) is 9.80 Å². The maximum absolute atomic E-state index is 13.1. The first kappa shape index (κ1) is 22.7. The molecule has 0 aliphatic carbocycles. The number of anilines is 1. The summed E-state index contributed by atoms with van der Waals surface area (Å²) in [5.74, 6) is 0.741. The Bertz CT molecular complexity index is 864. The fraction of sp³-hybridized carbons (Fsp3) is 0.500. The van der Waals surface area contributed by atoms with Crippen molar-refractivity contribution >= 4 is 11.5 Å². The Balaban J connectivity index is 1.17. The third-order valence-electron chi connectivity index (χ3n) is 6.66. The fourth-order valence-electron chi connectivity index (χ4n) is 4.63. The molecule has 0 unspecified atom stereocenters. The second-order valence-electron chi connectivity index (χ2n) is 8.92. The van der Waals surface area contributed by atoms with Gasteiger partial charge in [0, 0.05) is 50.0 Å². The minimum absolute atomic E-state index is 0.134. The smallest absolute Gasteiger partial charge is 0.176 e. The van der Waals surface area contributed by atoms with Crippen LogP contribution in [0.2, 0.25) is 0 Å². The van der Waals surface area contributed by atoms with Crippen molar-refractivity contribution in [2.24, 2.45) is 0 Å². The summed E-state index contributed by atoms with van der Waals surface area (Å²) < 4.78 is 19.0. The van der Waals surface area contributed by atoms with Crippen molar-refractivity contribution in [3.05, 3.63) is 59.9 Å². The molecule has 0 N–H and O–H groups in total. The number of likely N-dealkylation sites (tertiary alicyclic amines) is 1. The van der Waals surface area contributed by atoms with Crippen molar-refractivity contribution in [3.8, 4) is 5.75 Å². The Morgan fingerprint density at radius 1 is 1.00 bits per heavy atom. The van der Waals surface area contributed by atoms with E-state index in [1.807, 2.05) is 36.4 Å². The van der Waals surface area contributed by atoms with Gasteiger partial charge in [0.1, 0.15) is 11.6 Å². The quantitative estimate of drug-likeness (QED) is 0.435. The number of hydrogen-bond acceptors (Lipinski definition) is 5. The minimum atomic E-state index is -0.217. The zero-order valence-electron chi connectivity index (χ0n) is 19.0. The van der Waals surface area contributed by atoms with Crippen LogP contribution in [0.15, 0.2) is 48.5 Å². The van der Waals surface area contributed by atoms with Crippen LogP contribution in [0.5, 0.6) is 5.75 Å². The molecule has 0 amide bonds. The van der Waals surface area contributed by atoms with E-state index in [0.717, 1.165) is 56.1 Å². The first-order chi connectivity index (χ1) is 15.6. The van der Waals surface area contributed by atoms with Crippen LogP contribution in [-0.4, -0.2) is 74.0 Å². The molecule has 0 bridgehead atoms. The lowest BCUT2D eigenvalue weighted by molar-refractivity contribution is 0.0926. The zero-order valence-corrected chi connectivity index (χ0v) is 19.0. The van der Waals surface area contributed by atoms with Gasteiger partial charge in [0.15, 0.2) is 5.78 Å². The topological polar surface area (TPSA) is 36.0 Å². The molecule has 5 nitrogen and oxygen atoms in total. The summed E-state index contributed by atoms with van der Waals surface area (Å²) in [4.78, 5) is 19.7. The van der Waals surface area contributed by atoms with Gasteiger partial charge in [0.2, 0.25) is 0 Å². The standard InChI is InChI=1S/C26H34FN3O2/c1-21-4-2-13-29(21)14-3-19-32-25-11-5-22(6-12-25)26(31)20-28-15-17-30(18-16-28)24-9-7-23(27)8-10-24/h5-12,21H,2-4,13-20H2,1H3/t21-/m1/s1. The first-order valence-electron chi connectivity index (χ1n) is 11.8. The molecule has 1 atom stereocenters. The van der Waals surface area contributed by atoms with E-state index in [1.54, 1.807) is 0 Å². The molecule has 0 aromatic heterocycles. The van der Waals surface area contributed by atoms with E-state index < -0.39 is 0 Å². The minimum Gasteiger partial charge on any atom is -0.494 e. The number of piperazine rings is 1. The number of ketones is 1. The molecule has 172 valence electrons. The molecular formula is C26H34FN3O2. The molecule has 2 saturated heterocycles. The third-order valence-corrected chi connectivity index (χ3v) is 6.66. The van der Waals surface area contributed by atoms with Crippen LogP contribution in [0.3, 0.4) is 0 Å². The summed E-state index contributed by atoms with van der Waals surface area (Å²) in [6, 6.07) is 14.9. The van der Waals surface area contributed by atoms with Crippen molar-refractivity contribution < 1.29 is 13.9 Å². The molecule has 32 heavy (non-hydrogen) atoms. The van der Waals surface area contributed by atoms with Gasteiger partial charge in [0.05, 0.1) is 13.2 Å². The molecule has 2 aromatic carbocycles. The van der Waals surface area contributed by atoms with Gasteiger partial charge in [-0.25, -0.2) is 4.39 Å². The number of halogens is 1. The maximum atomic E-state index is 13.1. The largest absolute Gasteiger partial charge is 0.494 e. The van der Waals surface area contributed by atoms with Crippen molar-refractivity contribution in [1.29, 1.82) is 0 Å². The number of hydrogen-bond donors (Lipinski definition) is 0. The average Bonchev–Trinajstić information content (AvgIpc) is 3.23. The van der Waals surface area contributed by atoms with E-state index in [9.17, 15) is 9.18 Å². The predicted octanol–water partition coefficient (Wildman–Crippen LogP) is 4.08. The molecule has 2 aliphatic rings. The molecule has 4 rings (SSSR count). The van der Waals surface area contributed by atoms with Gasteiger partial charge in [-0.15, -0.1) is 0 Å². The average molecular weight is 440 g/mol. The molecule has 0 radical (unpaired) electrons. The van der Waals surface area contributed by atoms with E-state index in [4.69, 9.17) is 4.74 Å². The lowest BCUT2D eigenvalue weighted by Gasteiger charge is -2.35. The fourth-order valence-corrected chi connectivity index (χ4v) is 4.63. The van der Waals surface area contributed by atoms with Crippen LogP contribution in [0.1, 0.15) is 36.5 Å². The summed E-state index contributed by atoms with van der Waals surface area (Å²) >= 11 is 0. The molecule has 2 fully saturated rings. The lowest BCUT2D eigenvalue weighted by atomic mass is 10.1. The van der Waals surface area contributed by atoms with Crippen molar-refractivity contribution in [2.75, 3.05) is 57.3 Å². The molecule has 2 aliphatic heterocycles. The van der Waals surface area contributed by atoms with Gasteiger partial charge in [-0.2, -0.15) is 0 Å². The van der Waals surface area contributed by atoms with Crippen LogP contribution in [0, 0.1) is 5.82 Å². The Hall–Kier alpha value is -2.44. The number of carbonyl (C=O) groups is 1. The molecule has 2 heterocycles.